The Labute approximate surface area is 156 Å². The predicted molar refractivity (Wildman–Crippen MR) is 98.9 cm³/mol. The summed E-state index contributed by atoms with van der Waals surface area (Å²) in [6.45, 7) is 1.05. The fourth-order valence-electron chi connectivity index (χ4n) is 3.77. The Hall–Kier alpha value is -2.12. The van der Waals surface area contributed by atoms with Gasteiger partial charge in [-0.3, -0.25) is 0 Å². The number of fused-ring (bicyclic) bond motifs is 1. The van der Waals surface area contributed by atoms with E-state index in [4.69, 9.17) is 9.84 Å². The van der Waals surface area contributed by atoms with Crippen molar-refractivity contribution in [3.8, 4) is 5.75 Å². The molecule has 0 atom stereocenters. The number of hydrogen-bond donors (Lipinski definition) is 2. The molecule has 0 amide bonds. The van der Waals surface area contributed by atoms with Crippen molar-refractivity contribution in [3.63, 3.8) is 0 Å². The van der Waals surface area contributed by atoms with E-state index in [2.05, 4.69) is 16.0 Å². The number of aliphatic hydroxyl groups is 1. The Kier molecular flexibility index (Phi) is 4.58. The highest BCUT2D eigenvalue weighted by atomic mass is 32.1. The molecule has 0 bridgehead atoms. The number of anilines is 1. The van der Waals surface area contributed by atoms with Gasteiger partial charge in [0.1, 0.15) is 5.75 Å². The van der Waals surface area contributed by atoms with Crippen LogP contribution < -0.4 is 9.64 Å². The zero-order valence-corrected chi connectivity index (χ0v) is 15.3. The molecule has 0 radical (unpaired) electrons. The van der Waals surface area contributed by atoms with E-state index in [1.807, 2.05) is 17.5 Å². The first-order chi connectivity index (χ1) is 12.6. The quantitative estimate of drug-likeness (QED) is 0.837. The Morgan fingerprint density at radius 2 is 2.04 bits per heavy atom. The summed E-state index contributed by atoms with van der Waals surface area (Å²) in [5.41, 5.74) is 2.08. The Morgan fingerprint density at radius 1 is 1.27 bits per heavy atom. The first-order valence-corrected chi connectivity index (χ1v) is 9.82. The number of carboxylic acids is 1. The predicted octanol–water partition coefficient (Wildman–Crippen LogP) is 2.63. The van der Waals surface area contributed by atoms with Gasteiger partial charge in [0.15, 0.2) is 5.13 Å². The monoisotopic (exact) mass is 374 g/mol. The summed E-state index contributed by atoms with van der Waals surface area (Å²) in [5.74, 6) is -0.258. The van der Waals surface area contributed by atoms with Crippen LogP contribution in [-0.4, -0.2) is 39.9 Å². The molecule has 1 aliphatic heterocycles. The number of piperidine rings is 1. The van der Waals surface area contributed by atoms with Gasteiger partial charge in [-0.15, -0.1) is 11.3 Å². The van der Waals surface area contributed by atoms with Crippen LogP contribution in [0.4, 0.5) is 5.13 Å². The third-order valence-corrected chi connectivity index (χ3v) is 6.27. The molecule has 4 rings (SSSR count). The number of aliphatic hydroxyl groups excluding tert-OH is 1. The molecule has 0 unspecified atom stereocenters. The minimum absolute atomic E-state index is 0.0785. The van der Waals surface area contributed by atoms with Crippen molar-refractivity contribution in [2.24, 2.45) is 0 Å². The summed E-state index contributed by atoms with van der Waals surface area (Å²) in [5, 5.41) is 21.7. The molecule has 1 aromatic carbocycles. The Balaban J connectivity index is 1.49. The van der Waals surface area contributed by atoms with Crippen LogP contribution in [0.3, 0.4) is 0 Å². The van der Waals surface area contributed by atoms with Gasteiger partial charge in [-0.1, -0.05) is 6.07 Å². The topological polar surface area (TPSA) is 82.9 Å². The number of aryl methyl sites for hydroxylation is 2. The van der Waals surface area contributed by atoms with Gasteiger partial charge in [0, 0.05) is 31.3 Å². The standard InChI is InChI=1S/C19H22N2O4S/c22-11-15-12-26-18(20-15)21-8-6-19(7-9-21,17(23)24)25-16-5-4-13-2-1-3-14(13)10-16/h4-5,10,12,22H,1-3,6-9,11H2,(H,23,24). The van der Waals surface area contributed by atoms with Crippen LogP contribution in [0.2, 0.25) is 0 Å². The maximum Gasteiger partial charge on any atom is 0.348 e. The van der Waals surface area contributed by atoms with Crippen molar-refractivity contribution in [2.75, 3.05) is 18.0 Å². The number of hydrogen-bond acceptors (Lipinski definition) is 6. The number of ether oxygens (including phenoxy) is 1. The van der Waals surface area contributed by atoms with Gasteiger partial charge in [-0.25, -0.2) is 9.78 Å². The molecule has 2 heterocycles. The summed E-state index contributed by atoms with van der Waals surface area (Å²) >= 11 is 1.47. The molecular weight excluding hydrogens is 352 g/mol. The molecule has 26 heavy (non-hydrogen) atoms. The van der Waals surface area contributed by atoms with Gasteiger partial charge < -0.3 is 19.8 Å². The second-order valence-electron chi connectivity index (χ2n) is 6.95. The third kappa shape index (κ3) is 3.17. The van der Waals surface area contributed by atoms with Crippen molar-refractivity contribution in [3.05, 3.63) is 40.4 Å². The molecule has 2 aliphatic rings. The normalized spacial score (nSPS) is 18.6. The number of carbonyl (C=O) groups is 1. The molecular formula is C19H22N2O4S. The molecule has 1 saturated heterocycles. The molecule has 1 fully saturated rings. The smallest absolute Gasteiger partial charge is 0.348 e. The second-order valence-corrected chi connectivity index (χ2v) is 7.79. The van der Waals surface area contributed by atoms with Gasteiger partial charge in [-0.05, 0) is 42.5 Å². The molecule has 2 aromatic rings. The highest BCUT2D eigenvalue weighted by molar-refractivity contribution is 7.13. The first-order valence-electron chi connectivity index (χ1n) is 8.94. The summed E-state index contributed by atoms with van der Waals surface area (Å²) in [7, 11) is 0. The lowest BCUT2D eigenvalue weighted by Crippen LogP contribution is -2.53. The molecule has 0 spiro atoms. The van der Waals surface area contributed by atoms with Crippen molar-refractivity contribution < 1.29 is 19.7 Å². The van der Waals surface area contributed by atoms with Crippen LogP contribution in [0, 0.1) is 0 Å². The van der Waals surface area contributed by atoms with E-state index >= 15 is 0 Å². The van der Waals surface area contributed by atoms with Crippen LogP contribution >= 0.6 is 11.3 Å². The Bertz CT molecular complexity index is 812. The molecule has 0 saturated carbocycles. The van der Waals surface area contributed by atoms with Crippen molar-refractivity contribution >= 4 is 22.4 Å². The number of benzene rings is 1. The largest absolute Gasteiger partial charge is 0.478 e. The average Bonchev–Trinajstić information content (AvgIpc) is 3.31. The minimum atomic E-state index is -1.19. The minimum Gasteiger partial charge on any atom is -0.478 e. The van der Waals surface area contributed by atoms with Crippen LogP contribution in [-0.2, 0) is 24.2 Å². The van der Waals surface area contributed by atoms with Crippen LogP contribution in [0.25, 0.3) is 0 Å². The van der Waals surface area contributed by atoms with E-state index in [-0.39, 0.29) is 6.61 Å². The summed E-state index contributed by atoms with van der Waals surface area (Å²) in [6, 6.07) is 5.97. The molecule has 1 aliphatic carbocycles. The molecule has 138 valence electrons. The van der Waals surface area contributed by atoms with Crippen molar-refractivity contribution in [1.29, 1.82) is 0 Å². The van der Waals surface area contributed by atoms with Gasteiger partial charge in [0.2, 0.25) is 5.60 Å². The summed E-state index contributed by atoms with van der Waals surface area (Å²) < 4.78 is 6.06. The van der Waals surface area contributed by atoms with Crippen molar-refractivity contribution in [1.82, 2.24) is 4.98 Å². The molecule has 1 aromatic heterocycles. The lowest BCUT2D eigenvalue weighted by atomic mass is 9.91. The van der Waals surface area contributed by atoms with E-state index in [1.165, 1.54) is 22.5 Å². The maximum absolute atomic E-state index is 12.0. The highest BCUT2D eigenvalue weighted by Crippen LogP contribution is 2.34. The SMILES string of the molecule is O=C(O)C1(Oc2ccc3c(c2)CCC3)CCN(c2nc(CO)cs2)CC1. The van der Waals surface area contributed by atoms with Gasteiger partial charge in [0.05, 0.1) is 12.3 Å². The van der Waals surface area contributed by atoms with Crippen molar-refractivity contribution in [2.45, 2.75) is 44.3 Å². The highest BCUT2D eigenvalue weighted by Gasteiger charge is 2.44. The van der Waals surface area contributed by atoms with Crippen LogP contribution in [0.5, 0.6) is 5.75 Å². The zero-order valence-electron chi connectivity index (χ0n) is 14.5. The van der Waals surface area contributed by atoms with E-state index < -0.39 is 11.6 Å². The fraction of sp³-hybridized carbons (Fsp3) is 0.474. The van der Waals surface area contributed by atoms with Gasteiger partial charge in [0.25, 0.3) is 0 Å². The molecule has 6 nitrogen and oxygen atoms in total. The number of nitrogens with zero attached hydrogens (tertiary/aromatic N) is 2. The number of aliphatic carboxylic acids is 1. The van der Waals surface area contributed by atoms with Gasteiger partial charge >= 0.3 is 5.97 Å². The number of aromatic nitrogens is 1. The Morgan fingerprint density at radius 3 is 2.73 bits per heavy atom. The number of carboxylic acid groups (broad SMARTS) is 1. The molecule has 7 heteroatoms. The van der Waals surface area contributed by atoms with E-state index in [1.54, 1.807) is 0 Å². The van der Waals surface area contributed by atoms with Crippen LogP contribution in [0.1, 0.15) is 36.1 Å². The van der Waals surface area contributed by atoms with E-state index in [9.17, 15) is 9.90 Å². The molecule has 2 N–H and O–H groups in total. The number of thiazole rings is 1. The summed E-state index contributed by atoms with van der Waals surface area (Å²) in [6.07, 6.45) is 4.08. The lowest BCUT2D eigenvalue weighted by molar-refractivity contribution is -0.157. The van der Waals surface area contributed by atoms with Gasteiger partial charge in [-0.2, -0.15) is 0 Å². The first kappa shape index (κ1) is 17.3. The fourth-order valence-corrected chi connectivity index (χ4v) is 4.64. The van der Waals surface area contributed by atoms with E-state index in [0.29, 0.717) is 37.4 Å². The second kappa shape index (κ2) is 6.89. The summed E-state index contributed by atoms with van der Waals surface area (Å²) in [4.78, 5) is 18.5. The lowest BCUT2D eigenvalue weighted by Gasteiger charge is -2.38. The maximum atomic E-state index is 12.0. The third-order valence-electron chi connectivity index (χ3n) is 5.32. The van der Waals surface area contributed by atoms with Crippen LogP contribution in [0.15, 0.2) is 23.6 Å². The van der Waals surface area contributed by atoms with E-state index in [0.717, 1.165) is 24.4 Å². The average molecular weight is 374 g/mol. The zero-order chi connectivity index (χ0) is 18.1. The number of rotatable bonds is 5.